The molecule has 6 heteroatoms. The molecule has 2 aromatic carbocycles. The summed E-state index contributed by atoms with van der Waals surface area (Å²) in [5.74, 6) is 0.0373. The Hall–Kier alpha value is -3.20. The van der Waals surface area contributed by atoms with Gasteiger partial charge in [0.25, 0.3) is 0 Å². The van der Waals surface area contributed by atoms with Crippen molar-refractivity contribution in [2.24, 2.45) is 0 Å². The first-order valence-corrected chi connectivity index (χ1v) is 7.22. The lowest BCUT2D eigenvalue weighted by molar-refractivity contribution is -0.138. The minimum atomic E-state index is -1.03. The van der Waals surface area contributed by atoms with Crippen LogP contribution in [0.1, 0.15) is 22.7 Å². The van der Waals surface area contributed by atoms with E-state index in [4.69, 9.17) is 14.7 Å². The average Bonchev–Trinajstić information content (AvgIpc) is 2.60. The first-order chi connectivity index (χ1) is 11.5. The summed E-state index contributed by atoms with van der Waals surface area (Å²) in [4.78, 5) is 11.8. The number of carbonyl (C=O) groups is 1. The fraction of sp³-hybridized carbons (Fsp3) is 0.222. The van der Waals surface area contributed by atoms with Crippen LogP contribution in [0.2, 0.25) is 0 Å². The molecule has 0 saturated heterocycles. The summed E-state index contributed by atoms with van der Waals surface area (Å²) in [5.41, 5.74) is 2.36. The summed E-state index contributed by atoms with van der Waals surface area (Å²) in [6, 6.07) is 11.0. The highest BCUT2D eigenvalue weighted by Crippen LogP contribution is 2.33. The smallest absolute Gasteiger partial charge is 0.330 e. The van der Waals surface area contributed by atoms with Gasteiger partial charge in [0.2, 0.25) is 0 Å². The molecule has 0 fully saturated rings. The normalized spacial score (nSPS) is 11.2. The van der Waals surface area contributed by atoms with Gasteiger partial charge in [-0.05, 0) is 48.4 Å². The molecule has 0 aliphatic carbocycles. The number of hydrogen-bond acceptors (Lipinski definition) is 5. The number of nitrogens with zero attached hydrogens (tertiary/aromatic N) is 1. The fourth-order valence-electron chi connectivity index (χ4n) is 2.39. The molecule has 0 amide bonds. The lowest BCUT2D eigenvalue weighted by atomic mass is 9.99. The van der Waals surface area contributed by atoms with E-state index in [0.29, 0.717) is 33.9 Å². The fourth-order valence-corrected chi connectivity index (χ4v) is 2.39. The standard InChI is InChI=1S/C18H18N2O4/c1-11-15(8-14(23-2)9-16(11)24-3)17(18(21)22)20-13-6-4-12(10-19)5-7-13/h4-9,17,20H,1-3H3,(H,21,22). The van der Waals surface area contributed by atoms with Gasteiger partial charge in [0.1, 0.15) is 11.5 Å². The van der Waals surface area contributed by atoms with Crippen molar-refractivity contribution in [2.45, 2.75) is 13.0 Å². The Labute approximate surface area is 140 Å². The van der Waals surface area contributed by atoms with E-state index in [2.05, 4.69) is 5.32 Å². The van der Waals surface area contributed by atoms with Crippen LogP contribution in [0.25, 0.3) is 0 Å². The van der Waals surface area contributed by atoms with Crippen LogP contribution in [0.15, 0.2) is 36.4 Å². The average molecular weight is 326 g/mol. The molecule has 2 rings (SSSR count). The Morgan fingerprint density at radius 3 is 2.38 bits per heavy atom. The molecular formula is C18H18N2O4. The zero-order chi connectivity index (χ0) is 17.7. The summed E-state index contributed by atoms with van der Waals surface area (Å²) in [5, 5.41) is 21.4. The molecule has 0 radical (unpaired) electrons. The van der Waals surface area contributed by atoms with E-state index in [1.54, 1.807) is 43.3 Å². The van der Waals surface area contributed by atoms with E-state index in [0.717, 1.165) is 0 Å². The summed E-state index contributed by atoms with van der Waals surface area (Å²) >= 11 is 0. The minimum Gasteiger partial charge on any atom is -0.497 e. The van der Waals surface area contributed by atoms with Crippen LogP contribution in [0.4, 0.5) is 5.69 Å². The molecule has 1 atom stereocenters. The van der Waals surface area contributed by atoms with Crippen LogP contribution < -0.4 is 14.8 Å². The van der Waals surface area contributed by atoms with Crippen LogP contribution in [0, 0.1) is 18.3 Å². The number of rotatable bonds is 6. The maximum absolute atomic E-state index is 11.8. The van der Waals surface area contributed by atoms with E-state index >= 15 is 0 Å². The summed E-state index contributed by atoms with van der Waals surface area (Å²) < 4.78 is 10.5. The third-order valence-corrected chi connectivity index (χ3v) is 3.71. The second-order valence-electron chi connectivity index (χ2n) is 5.15. The van der Waals surface area contributed by atoms with Gasteiger partial charge < -0.3 is 19.9 Å². The SMILES string of the molecule is COc1cc(OC)c(C)c(C(Nc2ccc(C#N)cc2)C(=O)O)c1. The maximum atomic E-state index is 11.8. The molecule has 0 aromatic heterocycles. The molecule has 0 aliphatic rings. The van der Waals surface area contributed by atoms with Crippen molar-refractivity contribution in [3.63, 3.8) is 0 Å². The van der Waals surface area contributed by atoms with Crippen LogP contribution in [0.5, 0.6) is 11.5 Å². The molecule has 0 saturated carbocycles. The third-order valence-electron chi connectivity index (χ3n) is 3.71. The minimum absolute atomic E-state index is 0.506. The Bertz CT molecular complexity index is 779. The van der Waals surface area contributed by atoms with E-state index in [1.165, 1.54) is 14.2 Å². The van der Waals surface area contributed by atoms with Crippen molar-refractivity contribution in [1.82, 2.24) is 0 Å². The molecule has 1 unspecified atom stereocenters. The van der Waals surface area contributed by atoms with Gasteiger partial charge in [-0.2, -0.15) is 5.26 Å². The van der Waals surface area contributed by atoms with Crippen molar-refractivity contribution in [1.29, 1.82) is 5.26 Å². The van der Waals surface area contributed by atoms with E-state index in [1.807, 2.05) is 6.07 Å². The first kappa shape index (κ1) is 17.2. The van der Waals surface area contributed by atoms with Crippen molar-refractivity contribution in [3.05, 3.63) is 53.1 Å². The lowest BCUT2D eigenvalue weighted by Crippen LogP contribution is -2.21. The quantitative estimate of drug-likeness (QED) is 0.847. The van der Waals surface area contributed by atoms with E-state index in [-0.39, 0.29) is 0 Å². The Morgan fingerprint density at radius 2 is 1.88 bits per heavy atom. The molecule has 0 bridgehead atoms. The molecule has 6 nitrogen and oxygen atoms in total. The number of benzene rings is 2. The zero-order valence-electron chi connectivity index (χ0n) is 13.7. The van der Waals surface area contributed by atoms with Crippen LogP contribution >= 0.6 is 0 Å². The number of hydrogen-bond donors (Lipinski definition) is 2. The second-order valence-corrected chi connectivity index (χ2v) is 5.15. The van der Waals surface area contributed by atoms with E-state index < -0.39 is 12.0 Å². The number of aliphatic carboxylic acids is 1. The number of anilines is 1. The highest BCUT2D eigenvalue weighted by atomic mass is 16.5. The predicted octanol–water partition coefficient (Wildman–Crippen LogP) is 3.12. The van der Waals surface area contributed by atoms with E-state index in [9.17, 15) is 9.90 Å². The van der Waals surface area contributed by atoms with Gasteiger partial charge in [-0.3, -0.25) is 0 Å². The van der Waals surface area contributed by atoms with Gasteiger partial charge in [-0.25, -0.2) is 4.79 Å². The third kappa shape index (κ3) is 3.58. The number of methoxy groups -OCH3 is 2. The first-order valence-electron chi connectivity index (χ1n) is 7.22. The van der Waals surface area contributed by atoms with Crippen molar-refractivity contribution in [3.8, 4) is 17.6 Å². The molecule has 24 heavy (non-hydrogen) atoms. The number of nitrogens with one attached hydrogen (secondary N) is 1. The monoisotopic (exact) mass is 326 g/mol. The number of carboxylic acid groups (broad SMARTS) is 1. The largest absolute Gasteiger partial charge is 0.497 e. The van der Waals surface area contributed by atoms with Gasteiger partial charge in [-0.1, -0.05) is 0 Å². The van der Waals surface area contributed by atoms with Crippen LogP contribution in [0.3, 0.4) is 0 Å². The van der Waals surface area contributed by atoms with Crippen molar-refractivity contribution < 1.29 is 19.4 Å². The van der Waals surface area contributed by atoms with Gasteiger partial charge in [0, 0.05) is 11.8 Å². The molecular weight excluding hydrogens is 308 g/mol. The molecule has 2 aromatic rings. The summed E-state index contributed by atoms with van der Waals surface area (Å²) in [6.45, 7) is 1.80. The lowest BCUT2D eigenvalue weighted by Gasteiger charge is -2.20. The topological polar surface area (TPSA) is 91.6 Å². The highest BCUT2D eigenvalue weighted by molar-refractivity contribution is 5.80. The zero-order valence-corrected chi connectivity index (χ0v) is 13.7. The molecule has 0 aliphatic heterocycles. The maximum Gasteiger partial charge on any atom is 0.330 e. The summed E-state index contributed by atoms with van der Waals surface area (Å²) in [7, 11) is 3.03. The number of nitriles is 1. The molecule has 124 valence electrons. The van der Waals surface area contributed by atoms with Crippen LogP contribution in [-0.4, -0.2) is 25.3 Å². The van der Waals surface area contributed by atoms with Gasteiger partial charge >= 0.3 is 5.97 Å². The number of ether oxygens (including phenoxy) is 2. The van der Waals surface area contributed by atoms with Crippen LogP contribution in [-0.2, 0) is 4.79 Å². The Balaban J connectivity index is 2.43. The molecule has 2 N–H and O–H groups in total. The van der Waals surface area contributed by atoms with Crippen molar-refractivity contribution >= 4 is 11.7 Å². The number of carboxylic acids is 1. The van der Waals surface area contributed by atoms with Crippen molar-refractivity contribution in [2.75, 3.05) is 19.5 Å². The summed E-state index contributed by atoms with van der Waals surface area (Å²) in [6.07, 6.45) is 0. The van der Waals surface area contributed by atoms with Gasteiger partial charge in [0.05, 0.1) is 25.9 Å². The Morgan fingerprint density at radius 1 is 1.21 bits per heavy atom. The molecule has 0 spiro atoms. The molecule has 0 heterocycles. The Kier molecular flexibility index (Phi) is 5.27. The van der Waals surface area contributed by atoms with Gasteiger partial charge in [0.15, 0.2) is 6.04 Å². The highest BCUT2D eigenvalue weighted by Gasteiger charge is 2.24. The second kappa shape index (κ2) is 7.38. The van der Waals surface area contributed by atoms with Gasteiger partial charge in [-0.15, -0.1) is 0 Å². The predicted molar refractivity (Wildman–Crippen MR) is 89.4 cm³/mol.